The highest BCUT2D eigenvalue weighted by atomic mass is 16.5. The maximum atomic E-state index is 5.21. The third kappa shape index (κ3) is 2.19. The number of ether oxygens (including phenoxy) is 1. The van der Waals surface area contributed by atoms with Crippen molar-refractivity contribution in [1.82, 2.24) is 0 Å². The molecule has 0 heterocycles. The Morgan fingerprint density at radius 2 is 1.55 bits per heavy atom. The molecule has 0 amide bonds. The number of hydrogen-bond donors (Lipinski definition) is 1. The highest BCUT2D eigenvalue weighted by Gasteiger charge is 2.47. The molecule has 5 rings (SSSR count). The summed E-state index contributed by atoms with van der Waals surface area (Å²) < 4.78 is 5.21. The minimum atomic E-state index is 0.921. The summed E-state index contributed by atoms with van der Waals surface area (Å²) in [5.41, 5.74) is 1.24. The Labute approximate surface area is 121 Å². The largest absolute Gasteiger partial charge is 0.497 e. The zero-order valence-corrected chi connectivity index (χ0v) is 12.3. The summed E-state index contributed by atoms with van der Waals surface area (Å²) in [6, 6.07) is 8.35. The Kier molecular flexibility index (Phi) is 3.13. The van der Waals surface area contributed by atoms with E-state index in [1.807, 2.05) is 12.1 Å². The van der Waals surface area contributed by atoms with Crippen LogP contribution in [-0.2, 0) is 0 Å². The van der Waals surface area contributed by atoms with Crippen LogP contribution < -0.4 is 10.1 Å². The predicted molar refractivity (Wildman–Crippen MR) is 82.0 cm³/mol. The van der Waals surface area contributed by atoms with Gasteiger partial charge in [0.2, 0.25) is 0 Å². The summed E-state index contributed by atoms with van der Waals surface area (Å²) in [6.07, 6.45) is 7.61. The van der Waals surface area contributed by atoms with E-state index in [9.17, 15) is 0 Å². The maximum Gasteiger partial charge on any atom is 0.119 e. The van der Waals surface area contributed by atoms with Crippen molar-refractivity contribution in [3.05, 3.63) is 24.3 Å². The van der Waals surface area contributed by atoms with E-state index in [-0.39, 0.29) is 0 Å². The molecule has 0 spiro atoms. The monoisotopic (exact) mass is 271 g/mol. The molecule has 0 aromatic heterocycles. The fourth-order valence-corrected chi connectivity index (χ4v) is 5.32. The van der Waals surface area contributed by atoms with Crippen LogP contribution >= 0.6 is 0 Å². The molecule has 20 heavy (non-hydrogen) atoms. The number of anilines is 1. The molecule has 0 radical (unpaired) electrons. The number of nitrogens with one attached hydrogen (secondary N) is 1. The molecular weight excluding hydrogens is 246 g/mol. The molecule has 1 N–H and O–H groups in total. The second-order valence-corrected chi connectivity index (χ2v) is 7.20. The number of benzene rings is 1. The molecule has 0 saturated heterocycles. The minimum Gasteiger partial charge on any atom is -0.497 e. The molecular formula is C18H25NO. The molecule has 0 atom stereocenters. The molecule has 4 aliphatic carbocycles. The van der Waals surface area contributed by atoms with Crippen molar-refractivity contribution in [2.45, 2.75) is 32.1 Å². The molecule has 2 nitrogen and oxygen atoms in total. The van der Waals surface area contributed by atoms with Gasteiger partial charge in [0, 0.05) is 12.2 Å². The fourth-order valence-electron chi connectivity index (χ4n) is 5.32. The third-order valence-corrected chi connectivity index (χ3v) is 6.05. The normalized spacial score (nSPS) is 38.0. The Balaban J connectivity index is 1.39. The van der Waals surface area contributed by atoms with E-state index in [2.05, 4.69) is 17.4 Å². The summed E-state index contributed by atoms with van der Waals surface area (Å²) in [7, 11) is 1.72. The molecule has 0 aliphatic heterocycles. The van der Waals surface area contributed by atoms with E-state index in [1.54, 1.807) is 13.5 Å². The van der Waals surface area contributed by atoms with Crippen molar-refractivity contribution in [1.29, 1.82) is 0 Å². The highest BCUT2D eigenvalue weighted by Crippen LogP contribution is 2.56. The second kappa shape index (κ2) is 4.98. The van der Waals surface area contributed by atoms with Gasteiger partial charge in [-0.2, -0.15) is 0 Å². The van der Waals surface area contributed by atoms with Crippen LogP contribution in [0.3, 0.4) is 0 Å². The summed E-state index contributed by atoms with van der Waals surface area (Å²) in [5.74, 6) is 6.04. The van der Waals surface area contributed by atoms with Crippen molar-refractivity contribution >= 4 is 5.69 Å². The summed E-state index contributed by atoms with van der Waals surface area (Å²) in [6.45, 7) is 1.17. The minimum absolute atomic E-state index is 0.921. The first kappa shape index (κ1) is 12.6. The number of methoxy groups -OCH3 is 1. The first-order valence-electron chi connectivity index (χ1n) is 8.19. The van der Waals surface area contributed by atoms with Crippen molar-refractivity contribution in [2.24, 2.45) is 29.6 Å². The first-order chi connectivity index (χ1) is 9.81. The predicted octanol–water partition coefficient (Wildman–Crippen LogP) is 4.18. The summed E-state index contributed by atoms with van der Waals surface area (Å²) >= 11 is 0. The smallest absolute Gasteiger partial charge is 0.119 e. The van der Waals surface area contributed by atoms with E-state index in [0.29, 0.717) is 0 Å². The SMILES string of the molecule is COc1ccc(NCC2C3CC4CC(C3)CC2C4)cc1. The molecule has 0 unspecified atom stereocenters. The fraction of sp³-hybridized carbons (Fsp3) is 0.667. The number of hydrogen-bond acceptors (Lipinski definition) is 2. The molecule has 4 saturated carbocycles. The van der Waals surface area contributed by atoms with Crippen LogP contribution in [0.15, 0.2) is 24.3 Å². The zero-order chi connectivity index (χ0) is 13.5. The van der Waals surface area contributed by atoms with Gasteiger partial charge in [0.1, 0.15) is 5.75 Å². The van der Waals surface area contributed by atoms with E-state index >= 15 is 0 Å². The lowest BCUT2D eigenvalue weighted by Crippen LogP contribution is -2.47. The maximum absolute atomic E-state index is 5.21. The molecule has 2 heteroatoms. The summed E-state index contributed by atoms with van der Waals surface area (Å²) in [5, 5.41) is 3.67. The van der Waals surface area contributed by atoms with Gasteiger partial charge in [-0.15, -0.1) is 0 Å². The topological polar surface area (TPSA) is 21.3 Å². The van der Waals surface area contributed by atoms with Gasteiger partial charge in [0.15, 0.2) is 0 Å². The van der Waals surface area contributed by atoms with Gasteiger partial charge in [-0.3, -0.25) is 0 Å². The van der Waals surface area contributed by atoms with Crippen LogP contribution in [0.1, 0.15) is 32.1 Å². The van der Waals surface area contributed by atoms with Gasteiger partial charge in [-0.25, -0.2) is 0 Å². The van der Waals surface area contributed by atoms with Crippen molar-refractivity contribution in [3.63, 3.8) is 0 Å². The Morgan fingerprint density at radius 3 is 2.10 bits per heavy atom. The van der Waals surface area contributed by atoms with E-state index < -0.39 is 0 Å². The lowest BCUT2D eigenvalue weighted by molar-refractivity contribution is -0.0305. The van der Waals surface area contributed by atoms with Gasteiger partial charge < -0.3 is 10.1 Å². The van der Waals surface area contributed by atoms with E-state index in [4.69, 9.17) is 4.74 Å². The zero-order valence-electron chi connectivity index (χ0n) is 12.3. The molecule has 1 aromatic carbocycles. The molecule has 4 aliphatic rings. The van der Waals surface area contributed by atoms with Crippen LogP contribution in [0.25, 0.3) is 0 Å². The van der Waals surface area contributed by atoms with Crippen LogP contribution in [0, 0.1) is 29.6 Å². The highest BCUT2D eigenvalue weighted by molar-refractivity contribution is 5.46. The van der Waals surface area contributed by atoms with Crippen LogP contribution in [0.5, 0.6) is 5.75 Å². The van der Waals surface area contributed by atoms with Gasteiger partial charge in [-0.1, -0.05) is 0 Å². The lowest BCUT2D eigenvalue weighted by atomic mass is 9.52. The second-order valence-electron chi connectivity index (χ2n) is 7.20. The van der Waals surface area contributed by atoms with Crippen molar-refractivity contribution in [2.75, 3.05) is 19.0 Å². The lowest BCUT2D eigenvalue weighted by Gasteiger charge is -2.54. The Morgan fingerprint density at radius 1 is 0.950 bits per heavy atom. The average molecular weight is 271 g/mol. The van der Waals surface area contributed by atoms with Gasteiger partial charge in [0.05, 0.1) is 7.11 Å². The van der Waals surface area contributed by atoms with Crippen LogP contribution in [0.2, 0.25) is 0 Å². The van der Waals surface area contributed by atoms with E-state index in [0.717, 1.165) is 35.3 Å². The van der Waals surface area contributed by atoms with Crippen LogP contribution in [-0.4, -0.2) is 13.7 Å². The van der Waals surface area contributed by atoms with E-state index in [1.165, 1.54) is 37.9 Å². The molecule has 108 valence electrons. The van der Waals surface area contributed by atoms with Crippen molar-refractivity contribution < 1.29 is 4.74 Å². The molecule has 1 aromatic rings. The van der Waals surface area contributed by atoms with Gasteiger partial charge in [0.25, 0.3) is 0 Å². The molecule has 4 bridgehead atoms. The summed E-state index contributed by atoms with van der Waals surface area (Å²) in [4.78, 5) is 0. The average Bonchev–Trinajstić information content (AvgIpc) is 2.46. The Hall–Kier alpha value is -1.18. The standard InChI is InChI=1S/C18H25NO/c1-20-17-4-2-16(3-5-17)19-11-18-14-7-12-6-13(9-14)10-15(18)8-12/h2-5,12-15,18-19H,6-11H2,1H3. The van der Waals surface area contributed by atoms with Gasteiger partial charge in [-0.05, 0) is 86.0 Å². The quantitative estimate of drug-likeness (QED) is 0.887. The molecule has 4 fully saturated rings. The first-order valence-corrected chi connectivity index (χ1v) is 8.19. The van der Waals surface area contributed by atoms with Crippen molar-refractivity contribution in [3.8, 4) is 5.75 Å². The van der Waals surface area contributed by atoms with Gasteiger partial charge >= 0.3 is 0 Å². The third-order valence-electron chi connectivity index (χ3n) is 6.05. The number of rotatable bonds is 4. The Bertz CT molecular complexity index is 439. The van der Waals surface area contributed by atoms with Crippen LogP contribution in [0.4, 0.5) is 5.69 Å².